The number of carbonyl (C=O) groups is 2. The number of phenols is 1. The van der Waals surface area contributed by atoms with Crippen molar-refractivity contribution in [3.05, 3.63) is 29.8 Å². The number of hydrogen-bond acceptors (Lipinski definition) is 4. The lowest BCUT2D eigenvalue weighted by Gasteiger charge is -2.27. The van der Waals surface area contributed by atoms with E-state index in [1.807, 2.05) is 0 Å². The molecule has 1 rings (SSSR count). The summed E-state index contributed by atoms with van der Waals surface area (Å²) in [7, 11) is 0. The van der Waals surface area contributed by atoms with E-state index in [1.54, 1.807) is 58.9 Å². The van der Waals surface area contributed by atoms with Crippen molar-refractivity contribution < 1.29 is 19.4 Å². The largest absolute Gasteiger partial charge is 0.508 e. The van der Waals surface area contributed by atoms with Gasteiger partial charge in [0.2, 0.25) is 5.91 Å². The molecule has 0 radical (unpaired) electrons. The van der Waals surface area contributed by atoms with Gasteiger partial charge in [0.1, 0.15) is 16.9 Å². The van der Waals surface area contributed by atoms with Crippen molar-refractivity contribution in [3.63, 3.8) is 0 Å². The molecule has 0 fully saturated rings. The van der Waals surface area contributed by atoms with Gasteiger partial charge in [0.25, 0.3) is 0 Å². The van der Waals surface area contributed by atoms with Crippen molar-refractivity contribution in [3.8, 4) is 5.75 Å². The van der Waals surface area contributed by atoms with E-state index in [4.69, 9.17) is 4.74 Å². The first-order valence-electron chi connectivity index (χ1n) is 7.57. The fourth-order valence-electron chi connectivity index (χ4n) is 1.82. The molecule has 0 aliphatic carbocycles. The highest BCUT2D eigenvalue weighted by Crippen LogP contribution is 2.11. The minimum atomic E-state index is -1.07. The number of amides is 2. The lowest BCUT2D eigenvalue weighted by atomic mass is 10.0. The van der Waals surface area contributed by atoms with Gasteiger partial charge in [0.05, 0.1) is 0 Å². The number of benzene rings is 1. The first-order valence-corrected chi connectivity index (χ1v) is 7.57. The van der Waals surface area contributed by atoms with Crippen LogP contribution < -0.4 is 10.6 Å². The zero-order chi connectivity index (χ0) is 17.7. The van der Waals surface area contributed by atoms with Crippen LogP contribution in [0.2, 0.25) is 0 Å². The average Bonchev–Trinajstić information content (AvgIpc) is 2.37. The molecular weight excluding hydrogens is 296 g/mol. The fraction of sp³-hybridized carbons (Fsp3) is 0.529. The number of rotatable bonds is 5. The number of ether oxygens (including phenoxy) is 1. The Bertz CT molecular complexity index is 545. The topological polar surface area (TPSA) is 87.7 Å². The summed E-state index contributed by atoms with van der Waals surface area (Å²) in [5, 5.41) is 14.6. The average molecular weight is 322 g/mol. The molecule has 0 bridgehead atoms. The fourth-order valence-corrected chi connectivity index (χ4v) is 1.82. The van der Waals surface area contributed by atoms with Gasteiger partial charge in [-0.1, -0.05) is 12.1 Å². The Morgan fingerprint density at radius 2 is 1.65 bits per heavy atom. The Morgan fingerprint density at radius 3 is 2.17 bits per heavy atom. The van der Waals surface area contributed by atoms with Gasteiger partial charge in [0, 0.05) is 6.54 Å². The molecule has 6 nitrogen and oxygen atoms in total. The van der Waals surface area contributed by atoms with Crippen LogP contribution in [0.5, 0.6) is 5.75 Å². The Hall–Kier alpha value is -2.24. The summed E-state index contributed by atoms with van der Waals surface area (Å²) >= 11 is 0. The SMILES string of the molecule is CC(C)(C)OC(=O)NC(C)(C)C(=O)NCCc1ccc(O)cc1. The van der Waals surface area contributed by atoms with Crippen LogP contribution in [0.1, 0.15) is 40.2 Å². The molecule has 1 aromatic rings. The highest BCUT2D eigenvalue weighted by molar-refractivity contribution is 5.89. The predicted octanol–water partition coefficient (Wildman–Crippen LogP) is 2.35. The Morgan fingerprint density at radius 1 is 1.09 bits per heavy atom. The second kappa shape index (κ2) is 7.35. The minimum absolute atomic E-state index is 0.209. The lowest BCUT2D eigenvalue weighted by Crippen LogP contribution is -2.55. The molecule has 0 spiro atoms. The zero-order valence-corrected chi connectivity index (χ0v) is 14.4. The maximum absolute atomic E-state index is 12.2. The molecule has 0 aromatic heterocycles. The molecule has 6 heteroatoms. The van der Waals surface area contributed by atoms with E-state index in [0.717, 1.165) is 5.56 Å². The molecule has 0 atom stereocenters. The maximum Gasteiger partial charge on any atom is 0.408 e. The van der Waals surface area contributed by atoms with Gasteiger partial charge >= 0.3 is 6.09 Å². The lowest BCUT2D eigenvalue weighted by molar-refractivity contribution is -0.126. The van der Waals surface area contributed by atoms with Gasteiger partial charge in [-0.05, 0) is 58.7 Å². The van der Waals surface area contributed by atoms with Crippen LogP contribution in [-0.4, -0.2) is 34.8 Å². The summed E-state index contributed by atoms with van der Waals surface area (Å²) in [5.41, 5.74) is -0.687. The van der Waals surface area contributed by atoms with Gasteiger partial charge in [-0.15, -0.1) is 0 Å². The Balaban J connectivity index is 2.45. The molecular formula is C17H26N2O4. The second-order valence-corrected chi connectivity index (χ2v) is 6.92. The van der Waals surface area contributed by atoms with Crippen molar-refractivity contribution in [2.75, 3.05) is 6.54 Å². The van der Waals surface area contributed by atoms with E-state index in [0.29, 0.717) is 13.0 Å². The van der Waals surface area contributed by atoms with Crippen LogP contribution in [0.15, 0.2) is 24.3 Å². The van der Waals surface area contributed by atoms with Crippen LogP contribution in [-0.2, 0) is 16.0 Å². The van der Waals surface area contributed by atoms with Crippen LogP contribution in [0.3, 0.4) is 0 Å². The van der Waals surface area contributed by atoms with Crippen molar-refractivity contribution in [2.45, 2.75) is 52.2 Å². The molecule has 23 heavy (non-hydrogen) atoms. The van der Waals surface area contributed by atoms with E-state index in [1.165, 1.54) is 0 Å². The maximum atomic E-state index is 12.2. The highest BCUT2D eigenvalue weighted by atomic mass is 16.6. The van der Waals surface area contributed by atoms with Crippen molar-refractivity contribution in [2.24, 2.45) is 0 Å². The number of phenolic OH excluding ortho intramolecular Hbond substituents is 1. The molecule has 2 amide bonds. The van der Waals surface area contributed by atoms with Crippen molar-refractivity contribution in [1.29, 1.82) is 0 Å². The Labute approximate surface area is 137 Å². The van der Waals surface area contributed by atoms with E-state index in [9.17, 15) is 14.7 Å². The summed E-state index contributed by atoms with van der Waals surface area (Å²) in [5.74, 6) is -0.0809. The number of carbonyl (C=O) groups excluding carboxylic acids is 2. The normalized spacial score (nSPS) is 11.7. The highest BCUT2D eigenvalue weighted by Gasteiger charge is 2.31. The van der Waals surface area contributed by atoms with Gasteiger partial charge < -0.3 is 20.5 Å². The summed E-state index contributed by atoms with van der Waals surface area (Å²) in [6, 6.07) is 6.80. The third kappa shape index (κ3) is 7.04. The van der Waals surface area contributed by atoms with Crippen LogP contribution in [0, 0.1) is 0 Å². The van der Waals surface area contributed by atoms with Gasteiger partial charge in [-0.2, -0.15) is 0 Å². The van der Waals surface area contributed by atoms with Gasteiger partial charge in [-0.3, -0.25) is 4.79 Å². The van der Waals surface area contributed by atoms with Crippen LogP contribution in [0.25, 0.3) is 0 Å². The summed E-state index contributed by atoms with van der Waals surface area (Å²) < 4.78 is 5.16. The minimum Gasteiger partial charge on any atom is -0.508 e. The van der Waals surface area contributed by atoms with Crippen LogP contribution in [0.4, 0.5) is 4.79 Å². The number of hydrogen-bond donors (Lipinski definition) is 3. The molecule has 0 saturated heterocycles. The van der Waals surface area contributed by atoms with Crippen LogP contribution >= 0.6 is 0 Å². The predicted molar refractivity (Wildman–Crippen MR) is 88.3 cm³/mol. The number of nitrogens with one attached hydrogen (secondary N) is 2. The van der Waals surface area contributed by atoms with E-state index < -0.39 is 17.2 Å². The molecule has 0 heterocycles. The molecule has 1 aromatic carbocycles. The first-order chi connectivity index (χ1) is 10.5. The second-order valence-electron chi connectivity index (χ2n) is 6.92. The van der Waals surface area contributed by atoms with E-state index in [2.05, 4.69) is 10.6 Å². The summed E-state index contributed by atoms with van der Waals surface area (Å²) in [4.78, 5) is 24.0. The monoisotopic (exact) mass is 322 g/mol. The third-order valence-electron chi connectivity index (χ3n) is 3.02. The number of alkyl carbamates (subject to hydrolysis) is 1. The molecule has 0 unspecified atom stereocenters. The molecule has 0 aliphatic heterocycles. The van der Waals surface area contributed by atoms with Gasteiger partial charge in [-0.25, -0.2) is 4.79 Å². The molecule has 128 valence electrons. The smallest absolute Gasteiger partial charge is 0.408 e. The van der Waals surface area contributed by atoms with Crippen molar-refractivity contribution >= 4 is 12.0 Å². The molecule has 0 aliphatic rings. The number of aromatic hydroxyl groups is 1. The standard InChI is InChI=1S/C17H26N2O4/c1-16(2,3)23-15(22)19-17(4,5)14(21)18-11-10-12-6-8-13(20)9-7-12/h6-9,20H,10-11H2,1-5H3,(H,18,21)(H,19,22). The summed E-state index contributed by atoms with van der Waals surface area (Å²) in [6.45, 7) is 8.95. The van der Waals surface area contributed by atoms with E-state index >= 15 is 0 Å². The zero-order valence-electron chi connectivity index (χ0n) is 14.4. The van der Waals surface area contributed by atoms with E-state index in [-0.39, 0.29) is 11.7 Å². The third-order valence-corrected chi connectivity index (χ3v) is 3.02. The first kappa shape index (κ1) is 18.8. The molecule has 3 N–H and O–H groups in total. The molecule has 0 saturated carbocycles. The summed E-state index contributed by atoms with van der Waals surface area (Å²) in [6.07, 6.45) is 0.00494. The van der Waals surface area contributed by atoms with Gasteiger partial charge in [0.15, 0.2) is 0 Å². The Kier molecular flexibility index (Phi) is 6.01. The van der Waals surface area contributed by atoms with Crippen molar-refractivity contribution in [1.82, 2.24) is 10.6 Å². The quantitative estimate of drug-likeness (QED) is 0.776.